The molecule has 3 rings (SSSR count). The Morgan fingerprint density at radius 2 is 1.95 bits per heavy atom. The predicted molar refractivity (Wildman–Crippen MR) is 78.6 cm³/mol. The van der Waals surface area contributed by atoms with Crippen molar-refractivity contribution in [2.75, 3.05) is 14.2 Å². The molecule has 0 saturated carbocycles. The van der Waals surface area contributed by atoms with E-state index >= 15 is 0 Å². The molecular formula is C16H14ClO3. The van der Waals surface area contributed by atoms with Crippen molar-refractivity contribution in [2.45, 2.75) is 6.42 Å². The number of halogens is 1. The summed E-state index contributed by atoms with van der Waals surface area (Å²) in [5.74, 6) is 2.19. The van der Waals surface area contributed by atoms with Crippen molar-refractivity contribution in [3.05, 3.63) is 47.5 Å². The van der Waals surface area contributed by atoms with Gasteiger partial charge in [0, 0.05) is 28.1 Å². The number of ether oxygens (including phenoxy) is 3. The van der Waals surface area contributed by atoms with Gasteiger partial charge in [-0.1, -0.05) is 23.7 Å². The second-order valence-corrected chi connectivity index (χ2v) is 4.91. The van der Waals surface area contributed by atoms with Gasteiger partial charge in [0.15, 0.2) is 11.5 Å². The summed E-state index contributed by atoms with van der Waals surface area (Å²) < 4.78 is 16.5. The van der Waals surface area contributed by atoms with Crippen LogP contribution in [0.2, 0.25) is 5.02 Å². The summed E-state index contributed by atoms with van der Waals surface area (Å²) in [7, 11) is 3.24. The van der Waals surface area contributed by atoms with E-state index in [2.05, 4.69) is 0 Å². The van der Waals surface area contributed by atoms with Gasteiger partial charge in [0.1, 0.15) is 12.4 Å². The van der Waals surface area contributed by atoms with Crippen LogP contribution in [0.15, 0.2) is 30.3 Å². The summed E-state index contributed by atoms with van der Waals surface area (Å²) >= 11 is 6.21. The Labute approximate surface area is 123 Å². The standard InChI is InChI=1S/C16H14ClO3/c1-18-14-5-3-4-12(16(14)19-2)13-9-11(17)8-10-6-7-20-15(10)13/h3-5,7-9H,6H2,1-2H3. The number of rotatable bonds is 3. The van der Waals surface area contributed by atoms with Crippen LogP contribution in [0.3, 0.4) is 0 Å². The van der Waals surface area contributed by atoms with E-state index < -0.39 is 0 Å². The van der Waals surface area contributed by atoms with Crippen LogP contribution in [0.4, 0.5) is 0 Å². The molecule has 1 aliphatic rings. The van der Waals surface area contributed by atoms with Crippen molar-refractivity contribution in [2.24, 2.45) is 0 Å². The highest BCUT2D eigenvalue weighted by atomic mass is 35.5. The van der Waals surface area contributed by atoms with Gasteiger partial charge in [0.25, 0.3) is 0 Å². The first-order valence-electron chi connectivity index (χ1n) is 6.26. The third-order valence-corrected chi connectivity index (χ3v) is 3.55. The summed E-state index contributed by atoms with van der Waals surface area (Å²) in [5, 5.41) is 0.683. The molecule has 0 atom stereocenters. The van der Waals surface area contributed by atoms with Gasteiger partial charge in [-0.05, 0) is 18.2 Å². The van der Waals surface area contributed by atoms with Crippen LogP contribution in [-0.4, -0.2) is 14.2 Å². The molecule has 2 aromatic rings. The van der Waals surface area contributed by atoms with Gasteiger partial charge in [-0.2, -0.15) is 0 Å². The number of hydrogen-bond acceptors (Lipinski definition) is 3. The second kappa shape index (κ2) is 5.25. The molecule has 20 heavy (non-hydrogen) atoms. The summed E-state index contributed by atoms with van der Waals surface area (Å²) in [6.45, 7) is 1.77. The van der Waals surface area contributed by atoms with E-state index in [1.54, 1.807) is 20.8 Å². The molecule has 0 fully saturated rings. The lowest BCUT2D eigenvalue weighted by molar-refractivity contribution is 0.356. The fourth-order valence-corrected chi connectivity index (χ4v) is 2.70. The minimum atomic E-state index is 0.676. The molecule has 0 N–H and O–H groups in total. The predicted octanol–water partition coefficient (Wildman–Crippen LogP) is 4.12. The zero-order valence-corrected chi connectivity index (χ0v) is 12.0. The van der Waals surface area contributed by atoms with Crippen LogP contribution in [0.25, 0.3) is 11.1 Å². The zero-order valence-electron chi connectivity index (χ0n) is 11.3. The van der Waals surface area contributed by atoms with E-state index in [1.807, 2.05) is 30.3 Å². The average molecular weight is 290 g/mol. The number of fused-ring (bicyclic) bond motifs is 1. The van der Waals surface area contributed by atoms with Gasteiger partial charge in [0.2, 0.25) is 0 Å². The second-order valence-electron chi connectivity index (χ2n) is 4.47. The average Bonchev–Trinajstić information content (AvgIpc) is 2.93. The Morgan fingerprint density at radius 1 is 1.10 bits per heavy atom. The SMILES string of the molecule is COc1cccc(-c2cc(Cl)cc3c2O[CH]C3)c1OC. The lowest BCUT2D eigenvalue weighted by Crippen LogP contribution is -1.94. The molecule has 0 amide bonds. The number of methoxy groups -OCH3 is 2. The Hall–Kier alpha value is -1.87. The topological polar surface area (TPSA) is 27.7 Å². The van der Waals surface area contributed by atoms with Gasteiger partial charge in [-0.25, -0.2) is 0 Å². The van der Waals surface area contributed by atoms with Crippen molar-refractivity contribution in [1.82, 2.24) is 0 Å². The van der Waals surface area contributed by atoms with E-state index in [4.69, 9.17) is 25.8 Å². The molecule has 4 heteroatoms. The molecule has 0 spiro atoms. The quantitative estimate of drug-likeness (QED) is 0.850. The Kier molecular flexibility index (Phi) is 3.45. The van der Waals surface area contributed by atoms with Crippen molar-refractivity contribution in [1.29, 1.82) is 0 Å². The highest BCUT2D eigenvalue weighted by Gasteiger charge is 2.22. The van der Waals surface area contributed by atoms with Crippen LogP contribution in [0.1, 0.15) is 5.56 Å². The Balaban J connectivity index is 2.24. The van der Waals surface area contributed by atoms with E-state index in [-0.39, 0.29) is 0 Å². The third-order valence-electron chi connectivity index (χ3n) is 3.33. The molecule has 0 aliphatic carbocycles. The minimum Gasteiger partial charge on any atom is -0.493 e. The molecule has 0 unspecified atom stereocenters. The highest BCUT2D eigenvalue weighted by molar-refractivity contribution is 6.31. The van der Waals surface area contributed by atoms with Crippen LogP contribution in [-0.2, 0) is 6.42 Å². The van der Waals surface area contributed by atoms with Crippen molar-refractivity contribution < 1.29 is 14.2 Å². The van der Waals surface area contributed by atoms with Gasteiger partial charge < -0.3 is 14.2 Å². The molecular weight excluding hydrogens is 276 g/mol. The molecule has 1 aliphatic heterocycles. The van der Waals surface area contributed by atoms with Crippen molar-refractivity contribution >= 4 is 11.6 Å². The van der Waals surface area contributed by atoms with Crippen molar-refractivity contribution in [3.8, 4) is 28.4 Å². The van der Waals surface area contributed by atoms with E-state index in [1.165, 1.54) is 0 Å². The monoisotopic (exact) mass is 289 g/mol. The summed E-state index contributed by atoms with van der Waals surface area (Å²) in [6.07, 6.45) is 0.759. The minimum absolute atomic E-state index is 0.676. The molecule has 3 nitrogen and oxygen atoms in total. The number of para-hydroxylation sites is 1. The fraction of sp³-hybridized carbons (Fsp3) is 0.188. The smallest absolute Gasteiger partial charge is 0.168 e. The first kappa shape index (κ1) is 13.1. The number of benzene rings is 2. The highest BCUT2D eigenvalue weighted by Crippen LogP contribution is 2.46. The van der Waals surface area contributed by atoms with E-state index in [9.17, 15) is 0 Å². The maximum atomic E-state index is 6.21. The molecule has 1 radical (unpaired) electrons. The molecule has 0 bridgehead atoms. The van der Waals surface area contributed by atoms with Crippen molar-refractivity contribution in [3.63, 3.8) is 0 Å². The largest absolute Gasteiger partial charge is 0.493 e. The molecule has 2 aromatic carbocycles. The van der Waals surface area contributed by atoms with Gasteiger partial charge in [-0.15, -0.1) is 0 Å². The third kappa shape index (κ3) is 2.08. The van der Waals surface area contributed by atoms with Gasteiger partial charge in [-0.3, -0.25) is 0 Å². The van der Waals surface area contributed by atoms with Gasteiger partial charge >= 0.3 is 0 Å². The normalized spacial score (nSPS) is 12.8. The molecule has 103 valence electrons. The fourth-order valence-electron chi connectivity index (χ4n) is 2.45. The zero-order chi connectivity index (χ0) is 14.1. The Bertz CT molecular complexity index is 652. The lowest BCUT2D eigenvalue weighted by atomic mass is 10.00. The maximum absolute atomic E-state index is 6.21. The number of hydrogen-bond donors (Lipinski definition) is 0. The van der Waals surface area contributed by atoms with Crippen LogP contribution < -0.4 is 14.2 Å². The molecule has 0 saturated heterocycles. The molecule has 0 aromatic heterocycles. The first-order chi connectivity index (χ1) is 9.74. The van der Waals surface area contributed by atoms with Gasteiger partial charge in [0.05, 0.1) is 14.2 Å². The van der Waals surface area contributed by atoms with Crippen LogP contribution in [0.5, 0.6) is 17.2 Å². The van der Waals surface area contributed by atoms with Crippen LogP contribution >= 0.6 is 11.6 Å². The van der Waals surface area contributed by atoms with E-state index in [0.29, 0.717) is 16.5 Å². The lowest BCUT2D eigenvalue weighted by Gasteiger charge is -2.15. The van der Waals surface area contributed by atoms with Crippen LogP contribution in [0, 0.1) is 6.61 Å². The Morgan fingerprint density at radius 3 is 2.70 bits per heavy atom. The summed E-state index contributed by atoms with van der Waals surface area (Å²) in [6, 6.07) is 9.56. The van der Waals surface area contributed by atoms with E-state index in [0.717, 1.165) is 28.9 Å². The molecule has 1 heterocycles. The summed E-state index contributed by atoms with van der Waals surface area (Å²) in [5.41, 5.74) is 2.90. The maximum Gasteiger partial charge on any atom is 0.168 e. The summed E-state index contributed by atoms with van der Waals surface area (Å²) in [4.78, 5) is 0. The first-order valence-corrected chi connectivity index (χ1v) is 6.64.